The average Bonchev–Trinajstić information content (AvgIpc) is 2.31. The molecule has 3 heteroatoms. The third-order valence-corrected chi connectivity index (χ3v) is 2.92. The van der Waals surface area contributed by atoms with Crippen LogP contribution in [-0.4, -0.2) is 35.1 Å². The monoisotopic (exact) mass is 199 g/mol. The Morgan fingerprint density at radius 3 is 2.00 bits per heavy atom. The molecule has 1 rings (SSSR count). The summed E-state index contributed by atoms with van der Waals surface area (Å²) < 4.78 is 0. The van der Waals surface area contributed by atoms with Crippen molar-refractivity contribution in [2.45, 2.75) is 45.6 Å². The summed E-state index contributed by atoms with van der Waals surface area (Å²) in [5, 5.41) is 9.15. The molecular weight excluding hydrogens is 178 g/mol. The summed E-state index contributed by atoms with van der Waals surface area (Å²) in [5.74, 6) is -0.465. The van der Waals surface area contributed by atoms with Crippen molar-refractivity contribution in [1.82, 2.24) is 4.90 Å². The number of carbonyl (C=O) groups is 1. The van der Waals surface area contributed by atoms with Crippen molar-refractivity contribution in [2.75, 3.05) is 13.1 Å². The highest BCUT2D eigenvalue weighted by Crippen LogP contribution is 2.17. The van der Waals surface area contributed by atoms with Crippen molar-refractivity contribution < 1.29 is 9.90 Å². The molecule has 82 valence electrons. The number of likely N-dealkylation sites (tertiary alicyclic amines) is 1. The van der Waals surface area contributed by atoms with Crippen molar-refractivity contribution in [2.24, 2.45) is 5.92 Å². The van der Waals surface area contributed by atoms with Crippen LogP contribution in [-0.2, 0) is 4.79 Å². The molecular formula is C11H21NO2. The fourth-order valence-electron chi connectivity index (χ4n) is 2.24. The predicted octanol–water partition coefficient (Wildman–Crippen LogP) is 1.97. The SMILES string of the molecule is CC(C)[C@H](C(=O)O)N1CCCCCC1. The molecule has 0 aromatic rings. The Balaban J connectivity index is 2.60. The summed E-state index contributed by atoms with van der Waals surface area (Å²) in [7, 11) is 0. The number of carboxylic acid groups (broad SMARTS) is 1. The molecule has 1 aliphatic heterocycles. The molecule has 1 aliphatic rings. The largest absolute Gasteiger partial charge is 0.480 e. The number of nitrogens with zero attached hydrogens (tertiary/aromatic N) is 1. The number of rotatable bonds is 3. The molecule has 0 amide bonds. The van der Waals surface area contributed by atoms with Gasteiger partial charge in [0.05, 0.1) is 0 Å². The van der Waals surface area contributed by atoms with Gasteiger partial charge in [0.2, 0.25) is 0 Å². The van der Waals surface area contributed by atoms with E-state index in [1.807, 2.05) is 13.8 Å². The van der Waals surface area contributed by atoms with Crippen LogP contribution in [0.25, 0.3) is 0 Å². The summed E-state index contributed by atoms with van der Waals surface area (Å²) in [6.45, 7) is 5.89. The minimum absolute atomic E-state index is 0.200. The summed E-state index contributed by atoms with van der Waals surface area (Å²) in [6.07, 6.45) is 4.80. The Kier molecular flexibility index (Phi) is 4.39. The first kappa shape index (κ1) is 11.5. The summed E-state index contributed by atoms with van der Waals surface area (Å²) in [4.78, 5) is 13.2. The maximum absolute atomic E-state index is 11.1. The average molecular weight is 199 g/mol. The Hall–Kier alpha value is -0.570. The first-order chi connectivity index (χ1) is 6.63. The van der Waals surface area contributed by atoms with E-state index in [9.17, 15) is 4.79 Å². The van der Waals surface area contributed by atoms with Crippen LogP contribution in [0, 0.1) is 5.92 Å². The first-order valence-electron chi connectivity index (χ1n) is 5.60. The van der Waals surface area contributed by atoms with E-state index in [2.05, 4.69) is 4.90 Å². The van der Waals surface area contributed by atoms with E-state index in [1.165, 1.54) is 12.8 Å². The molecule has 0 aliphatic carbocycles. The highest BCUT2D eigenvalue weighted by molar-refractivity contribution is 5.73. The number of hydrogen-bond acceptors (Lipinski definition) is 2. The second kappa shape index (κ2) is 5.35. The molecule has 0 radical (unpaired) electrons. The molecule has 1 atom stereocenters. The second-order valence-electron chi connectivity index (χ2n) is 4.48. The van der Waals surface area contributed by atoms with Crippen molar-refractivity contribution in [3.05, 3.63) is 0 Å². The molecule has 0 aromatic heterocycles. The number of carboxylic acids is 1. The van der Waals surface area contributed by atoms with Gasteiger partial charge in [-0.25, -0.2) is 0 Å². The van der Waals surface area contributed by atoms with Gasteiger partial charge < -0.3 is 5.11 Å². The molecule has 1 saturated heterocycles. The van der Waals surface area contributed by atoms with Crippen molar-refractivity contribution in [3.8, 4) is 0 Å². The van der Waals surface area contributed by atoms with Crippen LogP contribution in [0.3, 0.4) is 0 Å². The zero-order valence-corrected chi connectivity index (χ0v) is 9.20. The summed E-state index contributed by atoms with van der Waals surface area (Å²) in [5.41, 5.74) is 0. The fraction of sp³-hybridized carbons (Fsp3) is 0.909. The van der Waals surface area contributed by atoms with Gasteiger partial charge in [0.25, 0.3) is 0 Å². The van der Waals surface area contributed by atoms with Gasteiger partial charge in [-0.3, -0.25) is 9.69 Å². The minimum atomic E-state index is -0.665. The normalized spacial score (nSPS) is 21.9. The first-order valence-corrected chi connectivity index (χ1v) is 5.60. The van der Waals surface area contributed by atoms with E-state index in [4.69, 9.17) is 5.11 Å². The molecule has 0 saturated carbocycles. The summed E-state index contributed by atoms with van der Waals surface area (Å²) in [6, 6.07) is -0.284. The van der Waals surface area contributed by atoms with Crippen molar-refractivity contribution in [3.63, 3.8) is 0 Å². The molecule has 0 spiro atoms. The smallest absolute Gasteiger partial charge is 0.321 e. The quantitative estimate of drug-likeness (QED) is 0.755. The van der Waals surface area contributed by atoms with Gasteiger partial charge >= 0.3 is 5.97 Å². The topological polar surface area (TPSA) is 40.5 Å². The van der Waals surface area contributed by atoms with Crippen LogP contribution in [0.5, 0.6) is 0 Å². The maximum Gasteiger partial charge on any atom is 0.321 e. The second-order valence-corrected chi connectivity index (χ2v) is 4.48. The van der Waals surface area contributed by atoms with Gasteiger partial charge in [-0.2, -0.15) is 0 Å². The number of aliphatic carboxylic acids is 1. The van der Waals surface area contributed by atoms with Gasteiger partial charge in [0.15, 0.2) is 0 Å². The predicted molar refractivity (Wildman–Crippen MR) is 56.3 cm³/mol. The summed E-state index contributed by atoms with van der Waals surface area (Å²) >= 11 is 0. The van der Waals surface area contributed by atoms with Gasteiger partial charge in [-0.15, -0.1) is 0 Å². The molecule has 0 bridgehead atoms. The molecule has 1 fully saturated rings. The Labute approximate surface area is 86.1 Å². The number of hydrogen-bond donors (Lipinski definition) is 1. The van der Waals surface area contributed by atoms with Gasteiger partial charge in [-0.1, -0.05) is 26.7 Å². The molecule has 0 aromatic carbocycles. The molecule has 14 heavy (non-hydrogen) atoms. The van der Waals surface area contributed by atoms with Crippen LogP contribution < -0.4 is 0 Å². The van der Waals surface area contributed by atoms with Gasteiger partial charge in [-0.05, 0) is 31.8 Å². The molecule has 1 N–H and O–H groups in total. The van der Waals surface area contributed by atoms with Crippen LogP contribution in [0.1, 0.15) is 39.5 Å². The van der Waals surface area contributed by atoms with Crippen molar-refractivity contribution >= 4 is 5.97 Å². The Morgan fingerprint density at radius 1 is 1.14 bits per heavy atom. The van der Waals surface area contributed by atoms with Crippen LogP contribution in [0.4, 0.5) is 0 Å². The van der Waals surface area contributed by atoms with Crippen LogP contribution >= 0.6 is 0 Å². The highest BCUT2D eigenvalue weighted by Gasteiger charge is 2.28. The highest BCUT2D eigenvalue weighted by atomic mass is 16.4. The van der Waals surface area contributed by atoms with Crippen molar-refractivity contribution in [1.29, 1.82) is 0 Å². The minimum Gasteiger partial charge on any atom is -0.480 e. The fourth-order valence-corrected chi connectivity index (χ4v) is 2.24. The lowest BCUT2D eigenvalue weighted by Crippen LogP contribution is -2.45. The Morgan fingerprint density at radius 2 is 1.64 bits per heavy atom. The van der Waals surface area contributed by atoms with E-state index in [0.29, 0.717) is 0 Å². The van der Waals surface area contributed by atoms with E-state index < -0.39 is 5.97 Å². The Bertz CT molecular complexity index is 184. The van der Waals surface area contributed by atoms with Gasteiger partial charge in [0.1, 0.15) is 6.04 Å². The molecule has 3 nitrogen and oxygen atoms in total. The van der Waals surface area contributed by atoms with E-state index in [1.54, 1.807) is 0 Å². The zero-order chi connectivity index (χ0) is 10.6. The molecule has 0 unspecified atom stereocenters. The lowest BCUT2D eigenvalue weighted by molar-refractivity contribution is -0.145. The van der Waals surface area contributed by atoms with E-state index in [0.717, 1.165) is 25.9 Å². The lowest BCUT2D eigenvalue weighted by Gasteiger charge is -2.29. The van der Waals surface area contributed by atoms with Gasteiger partial charge in [0, 0.05) is 0 Å². The van der Waals surface area contributed by atoms with Crippen LogP contribution in [0.15, 0.2) is 0 Å². The molecule has 1 heterocycles. The lowest BCUT2D eigenvalue weighted by atomic mass is 10.0. The third kappa shape index (κ3) is 2.98. The third-order valence-electron chi connectivity index (χ3n) is 2.92. The maximum atomic E-state index is 11.1. The zero-order valence-electron chi connectivity index (χ0n) is 9.20. The van der Waals surface area contributed by atoms with E-state index in [-0.39, 0.29) is 12.0 Å². The van der Waals surface area contributed by atoms with E-state index >= 15 is 0 Å². The standard InChI is InChI=1S/C11H21NO2/c1-9(2)10(11(13)14)12-7-5-3-4-6-8-12/h9-10H,3-8H2,1-2H3,(H,13,14)/t10-/m1/s1. The van der Waals surface area contributed by atoms with Crippen LogP contribution in [0.2, 0.25) is 0 Å².